The molecule has 1 atom stereocenters. The number of para-hydroxylation sites is 1. The molecule has 1 fully saturated rings. The Morgan fingerprint density at radius 3 is 2.69 bits per heavy atom. The molecule has 0 spiro atoms. The molecule has 1 saturated heterocycles. The second kappa shape index (κ2) is 8.01. The van der Waals surface area contributed by atoms with E-state index in [9.17, 15) is 8.78 Å². The summed E-state index contributed by atoms with van der Waals surface area (Å²) in [5.41, 5.74) is 0.758. The Bertz CT molecular complexity index is 894. The van der Waals surface area contributed by atoms with Gasteiger partial charge in [0.2, 0.25) is 5.88 Å². The van der Waals surface area contributed by atoms with E-state index in [-0.39, 0.29) is 29.4 Å². The van der Waals surface area contributed by atoms with E-state index in [1.165, 1.54) is 16.8 Å². The molecule has 1 aliphatic rings. The van der Waals surface area contributed by atoms with Crippen molar-refractivity contribution in [1.82, 2.24) is 15.1 Å². The summed E-state index contributed by atoms with van der Waals surface area (Å²) in [4.78, 5) is 0. The number of nitrogens with zero attached hydrogens (tertiary/aromatic N) is 2. The maximum atomic E-state index is 14.4. The zero-order valence-corrected chi connectivity index (χ0v) is 14.9. The van der Waals surface area contributed by atoms with E-state index in [0.29, 0.717) is 18.0 Å². The molecule has 7 heteroatoms. The third-order valence-corrected chi connectivity index (χ3v) is 4.56. The van der Waals surface area contributed by atoms with Crippen molar-refractivity contribution in [1.29, 1.82) is 0 Å². The van der Waals surface area contributed by atoms with Gasteiger partial charge in [-0.25, -0.2) is 13.5 Å². The maximum Gasteiger partial charge on any atom is 0.244 e. The van der Waals surface area contributed by atoms with Gasteiger partial charge in [-0.1, -0.05) is 18.2 Å². The number of aromatic nitrogens is 2. The summed E-state index contributed by atoms with van der Waals surface area (Å²) in [7, 11) is 0. The molecule has 1 aromatic heterocycles. The lowest BCUT2D eigenvalue weighted by molar-refractivity contribution is 0.213. The third-order valence-electron chi connectivity index (χ3n) is 4.56. The lowest BCUT2D eigenvalue weighted by Crippen LogP contribution is -2.33. The van der Waals surface area contributed by atoms with E-state index in [4.69, 9.17) is 4.74 Å². The number of benzene rings is 2. The van der Waals surface area contributed by atoms with Crippen LogP contribution in [0.4, 0.5) is 8.78 Å². The predicted molar refractivity (Wildman–Crippen MR) is 99.3 cm³/mol. The molecule has 0 amide bonds. The number of halogens is 3. The molecule has 26 heavy (non-hydrogen) atoms. The van der Waals surface area contributed by atoms with E-state index < -0.39 is 11.6 Å². The lowest BCUT2D eigenvalue weighted by Gasteiger charge is -2.22. The van der Waals surface area contributed by atoms with Crippen LogP contribution in [0.1, 0.15) is 12.8 Å². The average Bonchev–Trinajstić information content (AvgIpc) is 3.01. The molecule has 2 heterocycles. The summed E-state index contributed by atoms with van der Waals surface area (Å²) < 4.78 is 35.8. The minimum absolute atomic E-state index is 0. The van der Waals surface area contributed by atoms with Crippen LogP contribution in [-0.4, -0.2) is 29.5 Å². The van der Waals surface area contributed by atoms with Crippen molar-refractivity contribution in [2.45, 2.75) is 12.8 Å². The van der Waals surface area contributed by atoms with Gasteiger partial charge in [0.05, 0.1) is 17.5 Å². The molecular formula is C19H20ClF2N3O. The number of hydrogen-bond acceptors (Lipinski definition) is 3. The monoisotopic (exact) mass is 379 g/mol. The second-order valence-electron chi connectivity index (χ2n) is 6.33. The van der Waals surface area contributed by atoms with Gasteiger partial charge in [0.25, 0.3) is 0 Å². The molecule has 0 bridgehead atoms. The Hall–Kier alpha value is -2.18. The summed E-state index contributed by atoms with van der Waals surface area (Å²) in [6.07, 6.45) is 2.17. The standard InChI is InChI=1S/C19H19F2N3O.ClH/c20-14-6-1-2-8-16(14)24-17-9-3-7-15(21)18(17)19(23-24)25-12-13-5-4-10-22-11-13;/h1-3,6-9,13,22H,4-5,10-12H2;1H/t13-;/m0./s1. The van der Waals surface area contributed by atoms with Crippen LogP contribution in [0.2, 0.25) is 0 Å². The van der Waals surface area contributed by atoms with E-state index >= 15 is 0 Å². The highest BCUT2D eigenvalue weighted by atomic mass is 35.5. The molecule has 1 N–H and O–H groups in total. The molecule has 1 aliphatic heterocycles. The van der Waals surface area contributed by atoms with Crippen molar-refractivity contribution < 1.29 is 13.5 Å². The lowest BCUT2D eigenvalue weighted by atomic mass is 10.0. The molecule has 138 valence electrons. The molecule has 0 radical (unpaired) electrons. The zero-order chi connectivity index (χ0) is 17.2. The fraction of sp³-hybridized carbons (Fsp3) is 0.316. The van der Waals surface area contributed by atoms with Crippen LogP contribution < -0.4 is 10.1 Å². The molecule has 4 rings (SSSR count). The largest absolute Gasteiger partial charge is 0.476 e. The Morgan fingerprint density at radius 1 is 1.12 bits per heavy atom. The van der Waals surface area contributed by atoms with Crippen LogP contribution in [-0.2, 0) is 0 Å². The number of hydrogen-bond donors (Lipinski definition) is 1. The van der Waals surface area contributed by atoms with Gasteiger partial charge in [-0.3, -0.25) is 0 Å². The SMILES string of the molecule is Cl.Fc1ccccc1-n1nc(OC[C@H]2CCCNC2)c2c(F)cccc21. The minimum Gasteiger partial charge on any atom is -0.476 e. The van der Waals surface area contributed by atoms with Gasteiger partial charge in [0.1, 0.15) is 17.3 Å². The van der Waals surface area contributed by atoms with Gasteiger partial charge < -0.3 is 10.1 Å². The van der Waals surface area contributed by atoms with Crippen LogP contribution in [0.3, 0.4) is 0 Å². The number of fused-ring (bicyclic) bond motifs is 1. The van der Waals surface area contributed by atoms with Crippen molar-refractivity contribution >= 4 is 23.3 Å². The van der Waals surface area contributed by atoms with Crippen LogP contribution in [0.5, 0.6) is 5.88 Å². The highest BCUT2D eigenvalue weighted by molar-refractivity contribution is 5.86. The highest BCUT2D eigenvalue weighted by Gasteiger charge is 2.20. The van der Waals surface area contributed by atoms with Crippen molar-refractivity contribution in [3.05, 3.63) is 54.1 Å². The summed E-state index contributed by atoms with van der Waals surface area (Å²) in [6, 6.07) is 11.0. The Morgan fingerprint density at radius 2 is 1.92 bits per heavy atom. The quantitative estimate of drug-likeness (QED) is 0.741. The van der Waals surface area contributed by atoms with Crippen molar-refractivity contribution in [3.8, 4) is 11.6 Å². The molecule has 3 aromatic rings. The van der Waals surface area contributed by atoms with Gasteiger partial charge in [0, 0.05) is 12.5 Å². The van der Waals surface area contributed by atoms with Gasteiger partial charge in [-0.2, -0.15) is 0 Å². The van der Waals surface area contributed by atoms with Crippen molar-refractivity contribution in [3.63, 3.8) is 0 Å². The minimum atomic E-state index is -0.420. The Balaban J connectivity index is 0.00000196. The van der Waals surface area contributed by atoms with Gasteiger partial charge in [-0.15, -0.1) is 17.5 Å². The third kappa shape index (κ3) is 3.52. The Labute approximate surface area is 156 Å². The maximum absolute atomic E-state index is 14.4. The topological polar surface area (TPSA) is 39.1 Å². The Kier molecular flexibility index (Phi) is 5.74. The number of piperidine rings is 1. The fourth-order valence-electron chi connectivity index (χ4n) is 3.27. The normalized spacial score (nSPS) is 17.1. The first-order valence-corrected chi connectivity index (χ1v) is 8.49. The van der Waals surface area contributed by atoms with Crippen molar-refractivity contribution in [2.24, 2.45) is 5.92 Å². The van der Waals surface area contributed by atoms with Crippen molar-refractivity contribution in [2.75, 3.05) is 19.7 Å². The predicted octanol–water partition coefficient (Wildman–Crippen LogP) is 4.10. The van der Waals surface area contributed by atoms with Crippen LogP contribution in [0.15, 0.2) is 42.5 Å². The molecular weight excluding hydrogens is 360 g/mol. The van der Waals surface area contributed by atoms with Crippen LogP contribution in [0.25, 0.3) is 16.6 Å². The van der Waals surface area contributed by atoms with E-state index in [1.807, 2.05) is 0 Å². The highest BCUT2D eigenvalue weighted by Crippen LogP contribution is 2.31. The first kappa shape index (κ1) is 18.6. The molecule has 0 unspecified atom stereocenters. The number of ether oxygens (including phenoxy) is 1. The fourth-order valence-corrected chi connectivity index (χ4v) is 3.27. The summed E-state index contributed by atoms with van der Waals surface area (Å²) in [5, 5.41) is 7.98. The molecule has 0 aliphatic carbocycles. The van der Waals surface area contributed by atoms with E-state index in [0.717, 1.165) is 25.9 Å². The van der Waals surface area contributed by atoms with Gasteiger partial charge >= 0.3 is 0 Å². The van der Waals surface area contributed by atoms with Gasteiger partial charge in [-0.05, 0) is 43.7 Å². The van der Waals surface area contributed by atoms with Crippen LogP contribution >= 0.6 is 12.4 Å². The molecule has 4 nitrogen and oxygen atoms in total. The second-order valence-corrected chi connectivity index (χ2v) is 6.33. The summed E-state index contributed by atoms with van der Waals surface area (Å²) >= 11 is 0. The summed E-state index contributed by atoms with van der Waals surface area (Å²) in [5.74, 6) is -0.257. The average molecular weight is 380 g/mol. The first-order valence-electron chi connectivity index (χ1n) is 8.49. The van der Waals surface area contributed by atoms with Gasteiger partial charge in [0.15, 0.2) is 0 Å². The zero-order valence-electron chi connectivity index (χ0n) is 14.1. The molecule has 0 saturated carbocycles. The first-order chi connectivity index (χ1) is 12.2. The number of nitrogens with one attached hydrogen (secondary N) is 1. The molecule has 2 aromatic carbocycles. The number of rotatable bonds is 4. The van der Waals surface area contributed by atoms with E-state index in [2.05, 4.69) is 10.4 Å². The summed E-state index contributed by atoms with van der Waals surface area (Å²) in [6.45, 7) is 2.37. The van der Waals surface area contributed by atoms with E-state index in [1.54, 1.807) is 30.3 Å². The smallest absolute Gasteiger partial charge is 0.244 e. The van der Waals surface area contributed by atoms with Crippen LogP contribution in [0, 0.1) is 17.6 Å².